The molecule has 6 nitrogen and oxygen atoms in total. The Balaban J connectivity index is 1.23. The predicted octanol–water partition coefficient (Wildman–Crippen LogP) is 2.71. The second-order valence-electron chi connectivity index (χ2n) is 8.46. The molecular formula is C24H28F2N4O2. The zero-order valence-corrected chi connectivity index (χ0v) is 18.0. The van der Waals surface area contributed by atoms with Gasteiger partial charge in [0, 0.05) is 50.0 Å². The van der Waals surface area contributed by atoms with Gasteiger partial charge in [-0.05, 0) is 37.1 Å². The highest BCUT2D eigenvalue weighted by atomic mass is 19.1. The Labute approximate surface area is 186 Å². The van der Waals surface area contributed by atoms with Crippen LogP contribution in [0.5, 0.6) is 0 Å². The number of hydrogen-bond donors (Lipinski definition) is 1. The van der Waals surface area contributed by atoms with Gasteiger partial charge in [0.2, 0.25) is 11.8 Å². The molecule has 0 radical (unpaired) electrons. The van der Waals surface area contributed by atoms with Gasteiger partial charge in [0.15, 0.2) is 0 Å². The van der Waals surface area contributed by atoms with Crippen LogP contribution in [-0.4, -0.2) is 71.8 Å². The molecule has 2 fully saturated rings. The average Bonchev–Trinajstić information content (AvgIpc) is 3.59. The number of piperazine rings is 1. The maximum atomic E-state index is 14.1. The Kier molecular flexibility index (Phi) is 7.12. The average molecular weight is 443 g/mol. The number of carbonyl (C=O) groups is 2. The number of carbonyl (C=O) groups excluding carboxylic acids is 2. The molecule has 1 aliphatic carbocycles. The fourth-order valence-electron chi connectivity index (χ4n) is 3.97. The number of nitrogens with zero attached hydrogens (tertiary/aromatic N) is 3. The first-order valence-corrected chi connectivity index (χ1v) is 11.0. The van der Waals surface area contributed by atoms with Crippen LogP contribution >= 0.6 is 0 Å². The van der Waals surface area contributed by atoms with Gasteiger partial charge >= 0.3 is 0 Å². The van der Waals surface area contributed by atoms with E-state index in [1.54, 1.807) is 35.2 Å². The molecule has 0 atom stereocenters. The zero-order valence-electron chi connectivity index (χ0n) is 18.0. The molecule has 0 unspecified atom stereocenters. The summed E-state index contributed by atoms with van der Waals surface area (Å²) >= 11 is 0. The first kappa shape index (κ1) is 22.4. The van der Waals surface area contributed by atoms with Crippen molar-refractivity contribution in [3.8, 4) is 0 Å². The molecule has 0 aromatic heterocycles. The van der Waals surface area contributed by atoms with Crippen LogP contribution in [0.4, 0.5) is 14.5 Å². The molecule has 2 aromatic rings. The van der Waals surface area contributed by atoms with E-state index in [4.69, 9.17) is 0 Å². The number of benzene rings is 2. The number of halogens is 2. The lowest BCUT2D eigenvalue weighted by Crippen LogP contribution is -2.51. The summed E-state index contributed by atoms with van der Waals surface area (Å²) in [6, 6.07) is 12.6. The van der Waals surface area contributed by atoms with Crippen LogP contribution in [0.3, 0.4) is 0 Å². The van der Waals surface area contributed by atoms with E-state index in [0.717, 1.165) is 12.8 Å². The Hall–Kier alpha value is -2.84. The van der Waals surface area contributed by atoms with E-state index < -0.39 is 5.82 Å². The summed E-state index contributed by atoms with van der Waals surface area (Å²) < 4.78 is 27.3. The van der Waals surface area contributed by atoms with Crippen molar-refractivity contribution in [3.63, 3.8) is 0 Å². The van der Waals surface area contributed by atoms with Gasteiger partial charge in [0.05, 0.1) is 13.1 Å². The van der Waals surface area contributed by atoms with Crippen LogP contribution in [0.25, 0.3) is 0 Å². The van der Waals surface area contributed by atoms with E-state index >= 15 is 0 Å². The van der Waals surface area contributed by atoms with Gasteiger partial charge in [-0.2, -0.15) is 0 Å². The second kappa shape index (κ2) is 10.2. The van der Waals surface area contributed by atoms with Crippen LogP contribution in [0.15, 0.2) is 48.5 Å². The number of anilines is 1. The summed E-state index contributed by atoms with van der Waals surface area (Å²) in [5.41, 5.74) is 0.983. The SMILES string of the molecule is O=C(CN1CCN(CC(=O)N(Cc2ccccc2F)C2CC2)CC1)Nc1cccc(F)c1. The van der Waals surface area contributed by atoms with E-state index in [1.807, 2.05) is 4.90 Å². The standard InChI is InChI=1S/C24H28F2N4O2/c25-19-5-3-6-20(14-19)27-23(31)16-28-10-12-29(13-11-28)17-24(32)30(21-8-9-21)15-18-4-1-2-7-22(18)26/h1-7,14,21H,8-13,15-17H2,(H,27,31). The molecule has 8 heteroatoms. The molecule has 4 rings (SSSR count). The van der Waals surface area contributed by atoms with E-state index in [0.29, 0.717) is 50.5 Å². The highest BCUT2D eigenvalue weighted by molar-refractivity contribution is 5.92. The fourth-order valence-corrected chi connectivity index (χ4v) is 3.97. The first-order valence-electron chi connectivity index (χ1n) is 11.0. The normalized spacial score (nSPS) is 17.2. The molecule has 0 bridgehead atoms. The maximum absolute atomic E-state index is 14.1. The molecule has 1 saturated heterocycles. The van der Waals surface area contributed by atoms with Crippen molar-refractivity contribution in [2.45, 2.75) is 25.4 Å². The summed E-state index contributed by atoms with van der Waals surface area (Å²) in [4.78, 5) is 31.1. The second-order valence-corrected chi connectivity index (χ2v) is 8.46. The summed E-state index contributed by atoms with van der Waals surface area (Å²) in [6.07, 6.45) is 1.93. The van der Waals surface area contributed by atoms with Crippen LogP contribution in [0, 0.1) is 11.6 Å². The Morgan fingerprint density at radius 1 is 0.938 bits per heavy atom. The molecule has 1 aliphatic heterocycles. The third kappa shape index (κ3) is 6.11. The highest BCUT2D eigenvalue weighted by Gasteiger charge is 2.34. The van der Waals surface area contributed by atoms with Crippen molar-refractivity contribution in [2.75, 3.05) is 44.6 Å². The van der Waals surface area contributed by atoms with Crippen molar-refractivity contribution in [3.05, 3.63) is 65.7 Å². The predicted molar refractivity (Wildman–Crippen MR) is 118 cm³/mol. The van der Waals surface area contributed by atoms with Crippen LogP contribution in [-0.2, 0) is 16.1 Å². The van der Waals surface area contributed by atoms with Gasteiger partial charge in [-0.1, -0.05) is 24.3 Å². The summed E-state index contributed by atoms with van der Waals surface area (Å²) in [7, 11) is 0. The number of hydrogen-bond acceptors (Lipinski definition) is 4. The monoisotopic (exact) mass is 442 g/mol. The highest BCUT2D eigenvalue weighted by Crippen LogP contribution is 2.29. The largest absolute Gasteiger partial charge is 0.334 e. The van der Waals surface area contributed by atoms with Crippen molar-refractivity contribution in [2.24, 2.45) is 0 Å². The van der Waals surface area contributed by atoms with Gasteiger partial charge in [0.1, 0.15) is 11.6 Å². The van der Waals surface area contributed by atoms with Crippen LogP contribution in [0.2, 0.25) is 0 Å². The van der Waals surface area contributed by atoms with Crippen molar-refractivity contribution >= 4 is 17.5 Å². The molecule has 2 aromatic carbocycles. The minimum atomic E-state index is -0.392. The number of amides is 2. The molecule has 1 heterocycles. The third-order valence-electron chi connectivity index (χ3n) is 5.91. The fraction of sp³-hybridized carbons (Fsp3) is 0.417. The minimum Gasteiger partial charge on any atom is -0.334 e. The summed E-state index contributed by atoms with van der Waals surface area (Å²) in [5, 5.41) is 2.71. The topological polar surface area (TPSA) is 55.9 Å². The quantitative estimate of drug-likeness (QED) is 0.683. The molecule has 1 N–H and O–H groups in total. The molecular weight excluding hydrogens is 414 g/mol. The lowest BCUT2D eigenvalue weighted by molar-refractivity contribution is -0.134. The van der Waals surface area contributed by atoms with Crippen molar-refractivity contribution < 1.29 is 18.4 Å². The number of nitrogens with one attached hydrogen (secondary N) is 1. The summed E-state index contributed by atoms with van der Waals surface area (Å²) in [6.45, 7) is 3.51. The molecule has 32 heavy (non-hydrogen) atoms. The van der Waals surface area contributed by atoms with Gasteiger partial charge < -0.3 is 10.2 Å². The van der Waals surface area contributed by atoms with Crippen LogP contribution in [0.1, 0.15) is 18.4 Å². The molecule has 1 saturated carbocycles. The maximum Gasteiger partial charge on any atom is 0.238 e. The van der Waals surface area contributed by atoms with Gasteiger partial charge in [-0.15, -0.1) is 0 Å². The summed E-state index contributed by atoms with van der Waals surface area (Å²) in [5.74, 6) is -0.842. The molecule has 0 spiro atoms. The van der Waals surface area contributed by atoms with E-state index in [-0.39, 0.29) is 30.2 Å². The van der Waals surface area contributed by atoms with E-state index in [9.17, 15) is 18.4 Å². The third-order valence-corrected chi connectivity index (χ3v) is 5.91. The number of rotatable bonds is 8. The van der Waals surface area contributed by atoms with Gasteiger partial charge in [0.25, 0.3) is 0 Å². The Morgan fingerprint density at radius 3 is 2.28 bits per heavy atom. The van der Waals surface area contributed by atoms with Crippen molar-refractivity contribution in [1.29, 1.82) is 0 Å². The van der Waals surface area contributed by atoms with E-state index in [1.165, 1.54) is 18.2 Å². The smallest absolute Gasteiger partial charge is 0.238 e. The zero-order chi connectivity index (χ0) is 22.5. The first-order chi connectivity index (χ1) is 15.5. The Bertz CT molecular complexity index is 959. The van der Waals surface area contributed by atoms with Crippen molar-refractivity contribution in [1.82, 2.24) is 14.7 Å². The minimum absolute atomic E-state index is 0.0213. The molecule has 2 amide bonds. The Morgan fingerprint density at radius 2 is 1.62 bits per heavy atom. The van der Waals surface area contributed by atoms with E-state index in [2.05, 4.69) is 10.2 Å². The molecule has 2 aliphatic rings. The lowest BCUT2D eigenvalue weighted by Gasteiger charge is -2.35. The van der Waals surface area contributed by atoms with Gasteiger partial charge in [-0.3, -0.25) is 19.4 Å². The molecule has 170 valence electrons. The van der Waals surface area contributed by atoms with Crippen LogP contribution < -0.4 is 5.32 Å². The van der Waals surface area contributed by atoms with Gasteiger partial charge in [-0.25, -0.2) is 8.78 Å². The lowest BCUT2D eigenvalue weighted by atomic mass is 10.2.